The van der Waals surface area contributed by atoms with Crippen LogP contribution in [-0.2, 0) is 0 Å². The van der Waals surface area contributed by atoms with Crippen LogP contribution in [-0.4, -0.2) is 29.2 Å². The van der Waals surface area contributed by atoms with Gasteiger partial charge in [0.05, 0.1) is 30.9 Å². The second-order valence-electron chi connectivity index (χ2n) is 6.33. The van der Waals surface area contributed by atoms with Crippen LogP contribution in [0.1, 0.15) is 18.7 Å². The highest BCUT2D eigenvalue weighted by Crippen LogP contribution is 2.35. The van der Waals surface area contributed by atoms with E-state index >= 15 is 0 Å². The Morgan fingerprint density at radius 2 is 1.70 bits per heavy atom. The summed E-state index contributed by atoms with van der Waals surface area (Å²) in [6.07, 6.45) is 1.77. The number of aromatic nitrogens is 3. The SMILES string of the molecule is COc1cc2nc(-c3cccc4cccnc34)nc(C(C)N)c2cc1OC. The smallest absolute Gasteiger partial charge is 0.162 e. The molecular formula is C21H20N4O2. The van der Waals surface area contributed by atoms with E-state index in [0.717, 1.165) is 33.1 Å². The van der Waals surface area contributed by atoms with Gasteiger partial charge in [0.15, 0.2) is 17.3 Å². The standard InChI is InChI=1S/C21H20N4O2/c1-12(22)19-15-10-17(26-2)18(27-3)11-16(15)24-21(25-19)14-8-4-6-13-7-5-9-23-20(13)14/h4-12H,22H2,1-3H3. The maximum atomic E-state index is 6.22. The highest BCUT2D eigenvalue weighted by molar-refractivity contribution is 5.93. The van der Waals surface area contributed by atoms with Gasteiger partial charge in [0, 0.05) is 34.6 Å². The highest BCUT2D eigenvalue weighted by atomic mass is 16.5. The Morgan fingerprint density at radius 1 is 0.963 bits per heavy atom. The summed E-state index contributed by atoms with van der Waals surface area (Å²) in [6, 6.07) is 13.4. The van der Waals surface area contributed by atoms with Crippen LogP contribution in [0, 0.1) is 0 Å². The summed E-state index contributed by atoms with van der Waals surface area (Å²) < 4.78 is 10.9. The van der Waals surface area contributed by atoms with E-state index < -0.39 is 0 Å². The Hall–Kier alpha value is -3.25. The molecule has 0 bridgehead atoms. The predicted octanol–water partition coefficient (Wildman–Crippen LogP) is 3.88. The van der Waals surface area contributed by atoms with E-state index in [1.54, 1.807) is 20.4 Å². The van der Waals surface area contributed by atoms with Crippen molar-refractivity contribution in [1.29, 1.82) is 0 Å². The van der Waals surface area contributed by atoms with Gasteiger partial charge in [-0.2, -0.15) is 0 Å². The molecule has 1 unspecified atom stereocenters. The molecule has 2 heterocycles. The summed E-state index contributed by atoms with van der Waals surface area (Å²) in [5.74, 6) is 1.82. The average molecular weight is 360 g/mol. The Morgan fingerprint density at radius 3 is 2.44 bits per heavy atom. The van der Waals surface area contributed by atoms with E-state index in [9.17, 15) is 0 Å². The zero-order valence-corrected chi connectivity index (χ0v) is 15.4. The molecular weight excluding hydrogens is 340 g/mol. The Labute approximate surface area is 157 Å². The quantitative estimate of drug-likeness (QED) is 0.595. The summed E-state index contributed by atoms with van der Waals surface area (Å²) in [7, 11) is 3.21. The van der Waals surface area contributed by atoms with Crippen molar-refractivity contribution in [2.24, 2.45) is 5.73 Å². The summed E-state index contributed by atoms with van der Waals surface area (Å²) in [5, 5.41) is 1.88. The lowest BCUT2D eigenvalue weighted by Crippen LogP contribution is -2.10. The van der Waals surface area contributed by atoms with Crippen LogP contribution < -0.4 is 15.2 Å². The number of hydrogen-bond acceptors (Lipinski definition) is 6. The molecule has 0 aliphatic heterocycles. The molecule has 0 saturated heterocycles. The predicted molar refractivity (Wildman–Crippen MR) is 106 cm³/mol. The first-order valence-corrected chi connectivity index (χ1v) is 8.65. The number of pyridine rings is 1. The van der Waals surface area contributed by atoms with E-state index in [1.165, 1.54) is 0 Å². The monoisotopic (exact) mass is 360 g/mol. The number of nitrogens with two attached hydrogens (primary N) is 1. The van der Waals surface area contributed by atoms with Crippen LogP contribution in [0.5, 0.6) is 11.5 Å². The van der Waals surface area contributed by atoms with Gasteiger partial charge in [0.2, 0.25) is 0 Å². The van der Waals surface area contributed by atoms with Gasteiger partial charge in [-0.05, 0) is 25.1 Å². The number of hydrogen-bond donors (Lipinski definition) is 1. The van der Waals surface area contributed by atoms with Crippen molar-refractivity contribution in [3.8, 4) is 22.9 Å². The van der Waals surface area contributed by atoms with Crippen LogP contribution in [0.15, 0.2) is 48.7 Å². The number of para-hydroxylation sites is 1. The summed E-state index contributed by atoms with van der Waals surface area (Å²) in [6.45, 7) is 1.91. The van der Waals surface area contributed by atoms with Crippen LogP contribution in [0.3, 0.4) is 0 Å². The molecule has 0 amide bonds. The highest BCUT2D eigenvalue weighted by Gasteiger charge is 2.17. The number of methoxy groups -OCH3 is 2. The molecule has 6 nitrogen and oxygen atoms in total. The van der Waals surface area contributed by atoms with Crippen molar-refractivity contribution >= 4 is 21.8 Å². The Kier molecular flexibility index (Phi) is 4.33. The van der Waals surface area contributed by atoms with E-state index in [0.29, 0.717) is 17.3 Å². The zero-order chi connectivity index (χ0) is 19.0. The van der Waals surface area contributed by atoms with Crippen molar-refractivity contribution < 1.29 is 9.47 Å². The van der Waals surface area contributed by atoms with Crippen LogP contribution in [0.4, 0.5) is 0 Å². The van der Waals surface area contributed by atoms with E-state index in [1.807, 2.05) is 49.4 Å². The first-order chi connectivity index (χ1) is 13.1. The first kappa shape index (κ1) is 17.2. The van der Waals surface area contributed by atoms with Crippen LogP contribution in [0.25, 0.3) is 33.2 Å². The number of nitrogens with zero attached hydrogens (tertiary/aromatic N) is 3. The largest absolute Gasteiger partial charge is 0.493 e. The fourth-order valence-electron chi connectivity index (χ4n) is 3.23. The minimum absolute atomic E-state index is 0.268. The first-order valence-electron chi connectivity index (χ1n) is 8.65. The second kappa shape index (κ2) is 6.81. The molecule has 1 atom stereocenters. The third kappa shape index (κ3) is 2.94. The lowest BCUT2D eigenvalue weighted by molar-refractivity contribution is 0.355. The number of fused-ring (bicyclic) bond motifs is 2. The molecule has 0 spiro atoms. The molecule has 0 aliphatic carbocycles. The molecule has 4 aromatic rings. The van der Waals surface area contributed by atoms with Crippen molar-refractivity contribution in [2.45, 2.75) is 13.0 Å². The normalized spacial score (nSPS) is 12.3. The van der Waals surface area contributed by atoms with E-state index in [-0.39, 0.29) is 6.04 Å². The van der Waals surface area contributed by atoms with Crippen molar-refractivity contribution in [2.75, 3.05) is 14.2 Å². The Balaban J connectivity index is 2.04. The van der Waals surface area contributed by atoms with Gasteiger partial charge in [-0.1, -0.05) is 18.2 Å². The van der Waals surface area contributed by atoms with Crippen molar-refractivity contribution in [3.05, 3.63) is 54.4 Å². The molecule has 2 aromatic heterocycles. The Bertz CT molecular complexity index is 1140. The van der Waals surface area contributed by atoms with Crippen molar-refractivity contribution in [3.63, 3.8) is 0 Å². The maximum absolute atomic E-state index is 6.22. The molecule has 0 fully saturated rings. The summed E-state index contributed by atoms with van der Waals surface area (Å²) >= 11 is 0. The average Bonchev–Trinajstić information content (AvgIpc) is 2.71. The molecule has 6 heteroatoms. The van der Waals surface area contributed by atoms with Gasteiger partial charge in [-0.15, -0.1) is 0 Å². The molecule has 136 valence electrons. The van der Waals surface area contributed by atoms with Gasteiger partial charge >= 0.3 is 0 Å². The zero-order valence-electron chi connectivity index (χ0n) is 15.4. The molecule has 0 saturated carbocycles. The molecule has 4 rings (SSSR count). The topological polar surface area (TPSA) is 83.2 Å². The van der Waals surface area contributed by atoms with Gasteiger partial charge in [-0.3, -0.25) is 4.98 Å². The van der Waals surface area contributed by atoms with Gasteiger partial charge in [-0.25, -0.2) is 9.97 Å². The fourth-order valence-corrected chi connectivity index (χ4v) is 3.23. The second-order valence-corrected chi connectivity index (χ2v) is 6.33. The summed E-state index contributed by atoms with van der Waals surface area (Å²) in [4.78, 5) is 14.1. The minimum Gasteiger partial charge on any atom is -0.493 e. The number of benzene rings is 2. The fraction of sp³-hybridized carbons (Fsp3) is 0.190. The van der Waals surface area contributed by atoms with Gasteiger partial charge in [0.1, 0.15) is 0 Å². The van der Waals surface area contributed by atoms with Crippen LogP contribution in [0.2, 0.25) is 0 Å². The number of rotatable bonds is 4. The lowest BCUT2D eigenvalue weighted by Gasteiger charge is -2.15. The molecule has 0 radical (unpaired) electrons. The van der Waals surface area contributed by atoms with Crippen molar-refractivity contribution in [1.82, 2.24) is 15.0 Å². The molecule has 0 aliphatic rings. The maximum Gasteiger partial charge on any atom is 0.162 e. The third-order valence-electron chi connectivity index (χ3n) is 4.54. The van der Waals surface area contributed by atoms with Gasteiger partial charge < -0.3 is 15.2 Å². The van der Waals surface area contributed by atoms with Gasteiger partial charge in [0.25, 0.3) is 0 Å². The summed E-state index contributed by atoms with van der Waals surface area (Å²) in [5.41, 5.74) is 9.45. The number of ether oxygens (including phenoxy) is 2. The molecule has 2 N–H and O–H groups in total. The lowest BCUT2D eigenvalue weighted by atomic mass is 10.1. The van der Waals surface area contributed by atoms with Crippen LogP contribution >= 0.6 is 0 Å². The minimum atomic E-state index is -0.268. The van der Waals surface area contributed by atoms with E-state index in [2.05, 4.69) is 4.98 Å². The van der Waals surface area contributed by atoms with E-state index in [4.69, 9.17) is 25.2 Å². The molecule has 2 aromatic carbocycles. The molecule has 27 heavy (non-hydrogen) atoms. The third-order valence-corrected chi connectivity index (χ3v) is 4.54.